The van der Waals surface area contributed by atoms with E-state index in [1.54, 1.807) is 0 Å². The van der Waals surface area contributed by atoms with Crippen LogP contribution in [0.15, 0.2) is 12.1 Å². The van der Waals surface area contributed by atoms with Gasteiger partial charge in [-0.2, -0.15) is 0 Å². The second kappa shape index (κ2) is 5.90. The first kappa shape index (κ1) is 12.2. The molecule has 15 heavy (non-hydrogen) atoms. The molecule has 6 heteroatoms. The molecule has 1 aromatic heterocycles. The summed E-state index contributed by atoms with van der Waals surface area (Å²) >= 11 is 11.4. The summed E-state index contributed by atoms with van der Waals surface area (Å²) in [5.41, 5.74) is 0.0141. The van der Waals surface area contributed by atoms with Gasteiger partial charge in [-0.25, -0.2) is 9.78 Å². The fourth-order valence-electron chi connectivity index (χ4n) is 0.848. The van der Waals surface area contributed by atoms with E-state index in [0.29, 0.717) is 6.61 Å². The normalized spacial score (nSPS) is 10.1. The molecule has 0 aliphatic heterocycles. The summed E-state index contributed by atoms with van der Waals surface area (Å²) in [4.78, 5) is 15.2. The van der Waals surface area contributed by atoms with Gasteiger partial charge in [0, 0.05) is 7.11 Å². The van der Waals surface area contributed by atoms with Crippen molar-refractivity contribution < 1.29 is 14.3 Å². The van der Waals surface area contributed by atoms with Gasteiger partial charge in [-0.05, 0) is 12.1 Å². The van der Waals surface area contributed by atoms with E-state index in [0.717, 1.165) is 0 Å². The van der Waals surface area contributed by atoms with E-state index in [-0.39, 0.29) is 22.5 Å². The molecule has 0 radical (unpaired) electrons. The maximum atomic E-state index is 11.4. The summed E-state index contributed by atoms with van der Waals surface area (Å²) in [6, 6.07) is 2.99. The summed E-state index contributed by atoms with van der Waals surface area (Å²) < 4.78 is 9.56. The lowest BCUT2D eigenvalue weighted by Gasteiger charge is -2.04. The number of ether oxygens (including phenoxy) is 2. The Labute approximate surface area is 97.1 Å². The molecule has 0 fully saturated rings. The minimum absolute atomic E-state index is 0.0141. The van der Waals surface area contributed by atoms with Gasteiger partial charge in [-0.3, -0.25) is 0 Å². The van der Waals surface area contributed by atoms with Crippen LogP contribution in [0.2, 0.25) is 10.2 Å². The van der Waals surface area contributed by atoms with E-state index < -0.39 is 5.97 Å². The lowest BCUT2D eigenvalue weighted by molar-refractivity contribution is 0.0382. The van der Waals surface area contributed by atoms with E-state index in [1.807, 2.05) is 0 Å². The Morgan fingerprint density at radius 1 is 1.40 bits per heavy atom. The van der Waals surface area contributed by atoms with Gasteiger partial charge in [-0.1, -0.05) is 23.2 Å². The van der Waals surface area contributed by atoms with Crippen LogP contribution in [-0.4, -0.2) is 31.3 Å². The quantitative estimate of drug-likeness (QED) is 0.467. The van der Waals surface area contributed by atoms with Crippen LogP contribution in [0.1, 0.15) is 10.5 Å². The average Bonchev–Trinajstić information content (AvgIpc) is 2.22. The van der Waals surface area contributed by atoms with Crippen molar-refractivity contribution in [2.24, 2.45) is 0 Å². The number of hydrogen-bond donors (Lipinski definition) is 0. The molecule has 0 aliphatic rings. The molecular weight excluding hydrogens is 241 g/mol. The minimum atomic E-state index is -0.612. The van der Waals surface area contributed by atoms with Crippen molar-refractivity contribution in [1.29, 1.82) is 0 Å². The standard InChI is InChI=1S/C9H9Cl2NO3/c1-14-4-5-15-9(13)8-6(10)2-3-7(11)12-8/h2-3H,4-5H2,1H3. The van der Waals surface area contributed by atoms with E-state index in [1.165, 1.54) is 19.2 Å². The van der Waals surface area contributed by atoms with E-state index in [4.69, 9.17) is 32.7 Å². The highest BCUT2D eigenvalue weighted by atomic mass is 35.5. The molecule has 0 unspecified atom stereocenters. The highest BCUT2D eigenvalue weighted by molar-refractivity contribution is 6.34. The number of halogens is 2. The van der Waals surface area contributed by atoms with Crippen LogP contribution >= 0.6 is 23.2 Å². The van der Waals surface area contributed by atoms with Crippen LogP contribution in [0.5, 0.6) is 0 Å². The highest BCUT2D eigenvalue weighted by Crippen LogP contribution is 2.17. The Bertz CT molecular complexity index is 357. The Hall–Kier alpha value is -0.840. The molecule has 1 heterocycles. The van der Waals surface area contributed by atoms with Crippen molar-refractivity contribution in [3.05, 3.63) is 28.0 Å². The van der Waals surface area contributed by atoms with Gasteiger partial charge in [0.15, 0.2) is 5.69 Å². The lowest BCUT2D eigenvalue weighted by atomic mass is 10.3. The van der Waals surface area contributed by atoms with Crippen molar-refractivity contribution in [1.82, 2.24) is 4.98 Å². The highest BCUT2D eigenvalue weighted by Gasteiger charge is 2.13. The summed E-state index contributed by atoms with van der Waals surface area (Å²) in [7, 11) is 1.51. The number of pyridine rings is 1. The van der Waals surface area contributed by atoms with Crippen molar-refractivity contribution in [2.45, 2.75) is 0 Å². The maximum Gasteiger partial charge on any atom is 0.358 e. The van der Waals surface area contributed by atoms with Crippen LogP contribution in [0.4, 0.5) is 0 Å². The first-order valence-electron chi connectivity index (χ1n) is 4.13. The molecule has 82 valence electrons. The predicted octanol–water partition coefficient (Wildman–Crippen LogP) is 2.19. The van der Waals surface area contributed by atoms with Gasteiger partial charge in [0.2, 0.25) is 0 Å². The van der Waals surface area contributed by atoms with Crippen molar-refractivity contribution >= 4 is 29.2 Å². The number of nitrogens with zero attached hydrogens (tertiary/aromatic N) is 1. The number of carbonyl (C=O) groups is 1. The molecule has 1 aromatic rings. The smallest absolute Gasteiger partial charge is 0.358 e. The molecule has 0 saturated heterocycles. The molecular formula is C9H9Cl2NO3. The van der Waals surface area contributed by atoms with Crippen molar-refractivity contribution in [3.8, 4) is 0 Å². The molecule has 0 bridgehead atoms. The zero-order valence-electron chi connectivity index (χ0n) is 8.00. The number of esters is 1. The lowest BCUT2D eigenvalue weighted by Crippen LogP contribution is -2.12. The molecule has 0 aliphatic carbocycles. The maximum absolute atomic E-state index is 11.4. The van der Waals surface area contributed by atoms with Crippen LogP contribution in [0, 0.1) is 0 Å². The first-order chi connectivity index (χ1) is 7.15. The zero-order valence-corrected chi connectivity index (χ0v) is 9.51. The average molecular weight is 250 g/mol. The van der Waals surface area contributed by atoms with Crippen molar-refractivity contribution in [3.63, 3.8) is 0 Å². The molecule has 0 atom stereocenters. The summed E-state index contributed by atoms with van der Waals surface area (Å²) in [6.45, 7) is 0.476. The Balaban J connectivity index is 2.68. The Morgan fingerprint density at radius 3 is 2.80 bits per heavy atom. The number of rotatable bonds is 4. The molecule has 0 N–H and O–H groups in total. The van der Waals surface area contributed by atoms with E-state index in [2.05, 4.69) is 4.98 Å². The van der Waals surface area contributed by atoms with Gasteiger partial charge in [0.1, 0.15) is 11.8 Å². The van der Waals surface area contributed by atoms with Crippen LogP contribution < -0.4 is 0 Å². The van der Waals surface area contributed by atoms with Crippen LogP contribution in [0.3, 0.4) is 0 Å². The molecule has 0 amide bonds. The number of carbonyl (C=O) groups excluding carboxylic acids is 1. The molecule has 1 rings (SSSR count). The molecule has 0 aromatic carbocycles. The number of hydrogen-bond acceptors (Lipinski definition) is 4. The largest absolute Gasteiger partial charge is 0.458 e. The second-order valence-electron chi connectivity index (χ2n) is 2.59. The zero-order chi connectivity index (χ0) is 11.3. The minimum Gasteiger partial charge on any atom is -0.458 e. The fraction of sp³-hybridized carbons (Fsp3) is 0.333. The summed E-state index contributed by atoms with van der Waals surface area (Å²) in [5, 5.41) is 0.403. The topological polar surface area (TPSA) is 48.4 Å². The third-order valence-electron chi connectivity index (χ3n) is 1.53. The third kappa shape index (κ3) is 3.66. The molecule has 0 spiro atoms. The van der Waals surface area contributed by atoms with Crippen LogP contribution in [-0.2, 0) is 9.47 Å². The summed E-state index contributed by atoms with van der Waals surface area (Å²) in [6.07, 6.45) is 0. The Kier molecular flexibility index (Phi) is 4.81. The van der Waals surface area contributed by atoms with Gasteiger partial charge < -0.3 is 9.47 Å². The van der Waals surface area contributed by atoms with E-state index >= 15 is 0 Å². The number of methoxy groups -OCH3 is 1. The predicted molar refractivity (Wildman–Crippen MR) is 56.4 cm³/mol. The monoisotopic (exact) mass is 249 g/mol. The van der Waals surface area contributed by atoms with Gasteiger partial charge >= 0.3 is 5.97 Å². The van der Waals surface area contributed by atoms with Gasteiger partial charge in [0.25, 0.3) is 0 Å². The second-order valence-corrected chi connectivity index (χ2v) is 3.39. The fourth-order valence-corrected chi connectivity index (χ4v) is 1.18. The SMILES string of the molecule is COCCOC(=O)c1nc(Cl)ccc1Cl. The third-order valence-corrected chi connectivity index (χ3v) is 2.04. The summed E-state index contributed by atoms with van der Waals surface area (Å²) in [5.74, 6) is -0.612. The first-order valence-corrected chi connectivity index (χ1v) is 4.89. The Morgan fingerprint density at radius 2 is 2.13 bits per heavy atom. The van der Waals surface area contributed by atoms with Gasteiger partial charge in [-0.15, -0.1) is 0 Å². The molecule has 0 saturated carbocycles. The van der Waals surface area contributed by atoms with Crippen LogP contribution in [0.25, 0.3) is 0 Å². The van der Waals surface area contributed by atoms with Crippen molar-refractivity contribution in [2.75, 3.05) is 20.3 Å². The van der Waals surface area contributed by atoms with Gasteiger partial charge in [0.05, 0.1) is 11.6 Å². The number of aromatic nitrogens is 1. The molecule has 4 nitrogen and oxygen atoms in total. The van der Waals surface area contributed by atoms with E-state index in [9.17, 15) is 4.79 Å².